The first kappa shape index (κ1) is 11.4. The Morgan fingerprint density at radius 3 is 2.75 bits per heavy atom. The largest absolute Gasteiger partial charge is 0.487 e. The van der Waals surface area contributed by atoms with Crippen LogP contribution in [0.15, 0.2) is 18.2 Å². The summed E-state index contributed by atoms with van der Waals surface area (Å²) in [5, 5.41) is 0. The van der Waals surface area contributed by atoms with Crippen LogP contribution in [0.2, 0.25) is 0 Å². The highest BCUT2D eigenvalue weighted by Crippen LogP contribution is 2.41. The first-order valence-corrected chi connectivity index (χ1v) is 5.84. The Labute approximate surface area is 95.6 Å². The van der Waals surface area contributed by atoms with Gasteiger partial charge in [-0.1, -0.05) is 19.9 Å². The number of hydrogen-bond acceptors (Lipinski definition) is 2. The first-order chi connectivity index (χ1) is 7.60. The minimum Gasteiger partial charge on any atom is -0.487 e. The Balaban J connectivity index is 2.41. The molecule has 1 aliphatic rings. The van der Waals surface area contributed by atoms with E-state index in [-0.39, 0.29) is 17.5 Å². The van der Waals surface area contributed by atoms with E-state index in [9.17, 15) is 4.39 Å². The molecule has 2 nitrogen and oxygen atoms in total. The SMILES string of the molecule is CCC1(CC)C[C@H](N)c2ccc(F)cc2O1. The smallest absolute Gasteiger partial charge is 0.127 e. The molecule has 1 aromatic rings. The van der Waals surface area contributed by atoms with Crippen molar-refractivity contribution >= 4 is 0 Å². The van der Waals surface area contributed by atoms with Crippen LogP contribution in [-0.2, 0) is 0 Å². The summed E-state index contributed by atoms with van der Waals surface area (Å²) in [7, 11) is 0. The molecule has 2 N–H and O–H groups in total. The van der Waals surface area contributed by atoms with Crippen LogP contribution in [0.25, 0.3) is 0 Å². The highest BCUT2D eigenvalue weighted by atomic mass is 19.1. The molecule has 16 heavy (non-hydrogen) atoms. The minimum absolute atomic E-state index is 0.0516. The maximum atomic E-state index is 13.2. The van der Waals surface area contributed by atoms with Gasteiger partial charge in [-0.3, -0.25) is 0 Å². The first-order valence-electron chi connectivity index (χ1n) is 5.84. The van der Waals surface area contributed by atoms with E-state index in [1.807, 2.05) is 0 Å². The minimum atomic E-state index is -0.269. The molecule has 88 valence electrons. The Morgan fingerprint density at radius 2 is 2.12 bits per heavy atom. The van der Waals surface area contributed by atoms with Crippen molar-refractivity contribution in [1.29, 1.82) is 0 Å². The number of hydrogen-bond donors (Lipinski definition) is 1. The van der Waals surface area contributed by atoms with E-state index in [0.29, 0.717) is 5.75 Å². The predicted molar refractivity (Wildman–Crippen MR) is 61.9 cm³/mol. The third-order valence-corrected chi connectivity index (χ3v) is 3.58. The second-order valence-corrected chi connectivity index (χ2v) is 4.48. The zero-order valence-electron chi connectivity index (χ0n) is 9.79. The van der Waals surface area contributed by atoms with Crippen molar-refractivity contribution in [3.05, 3.63) is 29.6 Å². The summed E-state index contributed by atoms with van der Waals surface area (Å²) < 4.78 is 19.1. The summed E-state index contributed by atoms with van der Waals surface area (Å²) in [4.78, 5) is 0. The fourth-order valence-corrected chi connectivity index (χ4v) is 2.37. The number of fused-ring (bicyclic) bond motifs is 1. The highest BCUT2D eigenvalue weighted by molar-refractivity contribution is 5.39. The van der Waals surface area contributed by atoms with Gasteiger partial charge in [0.05, 0.1) is 0 Å². The second kappa shape index (κ2) is 4.06. The van der Waals surface area contributed by atoms with E-state index in [1.54, 1.807) is 6.07 Å². The van der Waals surface area contributed by atoms with Crippen molar-refractivity contribution in [2.24, 2.45) is 5.73 Å². The van der Waals surface area contributed by atoms with Crippen LogP contribution in [0.5, 0.6) is 5.75 Å². The molecule has 0 aromatic heterocycles. The zero-order valence-corrected chi connectivity index (χ0v) is 9.79. The molecule has 0 saturated heterocycles. The summed E-state index contributed by atoms with van der Waals surface area (Å²) in [6.07, 6.45) is 2.60. The zero-order chi connectivity index (χ0) is 11.8. The third-order valence-electron chi connectivity index (χ3n) is 3.58. The number of benzene rings is 1. The quantitative estimate of drug-likeness (QED) is 0.835. The molecule has 0 fully saturated rings. The molecule has 1 aromatic carbocycles. The lowest BCUT2D eigenvalue weighted by Crippen LogP contribution is -2.42. The van der Waals surface area contributed by atoms with Gasteiger partial charge in [-0.2, -0.15) is 0 Å². The maximum absolute atomic E-state index is 13.2. The van der Waals surface area contributed by atoms with Gasteiger partial charge in [-0.15, -0.1) is 0 Å². The molecule has 0 unspecified atom stereocenters. The Kier molecular flexibility index (Phi) is 2.89. The molecule has 0 radical (unpaired) electrons. The van der Waals surface area contributed by atoms with E-state index in [0.717, 1.165) is 24.8 Å². The van der Waals surface area contributed by atoms with Crippen LogP contribution in [-0.4, -0.2) is 5.60 Å². The number of halogens is 1. The van der Waals surface area contributed by atoms with Crippen molar-refractivity contribution in [2.45, 2.75) is 44.8 Å². The van der Waals surface area contributed by atoms with Crippen molar-refractivity contribution in [3.8, 4) is 5.75 Å². The number of nitrogens with two attached hydrogens (primary N) is 1. The molecule has 2 rings (SSSR count). The fraction of sp³-hybridized carbons (Fsp3) is 0.538. The molecule has 0 spiro atoms. The van der Waals surface area contributed by atoms with Gasteiger partial charge in [0.1, 0.15) is 17.2 Å². The van der Waals surface area contributed by atoms with Crippen molar-refractivity contribution in [1.82, 2.24) is 0 Å². The topological polar surface area (TPSA) is 35.2 Å². The predicted octanol–water partition coefficient (Wildman–Crippen LogP) is 3.17. The maximum Gasteiger partial charge on any atom is 0.127 e. The summed E-state index contributed by atoms with van der Waals surface area (Å²) in [6.45, 7) is 4.17. The van der Waals surface area contributed by atoms with E-state index in [4.69, 9.17) is 10.5 Å². The molecule has 1 heterocycles. The summed E-state index contributed by atoms with van der Waals surface area (Å²) in [5.74, 6) is 0.344. The molecule has 0 amide bonds. The lowest BCUT2D eigenvalue weighted by molar-refractivity contribution is 0.0279. The molecular weight excluding hydrogens is 205 g/mol. The van der Waals surface area contributed by atoms with E-state index >= 15 is 0 Å². The van der Waals surface area contributed by atoms with Crippen LogP contribution < -0.4 is 10.5 Å². The normalized spacial score (nSPS) is 22.4. The second-order valence-electron chi connectivity index (χ2n) is 4.48. The lowest BCUT2D eigenvalue weighted by atomic mass is 9.84. The summed E-state index contributed by atoms with van der Waals surface area (Å²) >= 11 is 0. The summed E-state index contributed by atoms with van der Waals surface area (Å²) in [5.41, 5.74) is 6.81. The molecule has 1 aliphatic heterocycles. The van der Waals surface area contributed by atoms with Crippen LogP contribution in [0.3, 0.4) is 0 Å². The van der Waals surface area contributed by atoms with Gasteiger partial charge in [0, 0.05) is 24.1 Å². The molecule has 1 atom stereocenters. The van der Waals surface area contributed by atoms with Gasteiger partial charge in [0.2, 0.25) is 0 Å². The fourth-order valence-electron chi connectivity index (χ4n) is 2.37. The van der Waals surface area contributed by atoms with Gasteiger partial charge < -0.3 is 10.5 Å². The average Bonchev–Trinajstić information content (AvgIpc) is 2.28. The molecule has 0 aliphatic carbocycles. The van der Waals surface area contributed by atoms with Crippen LogP contribution in [0.1, 0.15) is 44.7 Å². The third kappa shape index (κ3) is 1.80. The number of rotatable bonds is 2. The van der Waals surface area contributed by atoms with Crippen molar-refractivity contribution < 1.29 is 9.13 Å². The van der Waals surface area contributed by atoms with Crippen molar-refractivity contribution in [2.75, 3.05) is 0 Å². The summed E-state index contributed by atoms with van der Waals surface area (Å²) in [6, 6.07) is 4.55. The monoisotopic (exact) mass is 223 g/mol. The van der Waals surface area contributed by atoms with Gasteiger partial charge in [0.25, 0.3) is 0 Å². The average molecular weight is 223 g/mol. The van der Waals surface area contributed by atoms with E-state index < -0.39 is 0 Å². The van der Waals surface area contributed by atoms with Crippen LogP contribution >= 0.6 is 0 Å². The van der Waals surface area contributed by atoms with Crippen LogP contribution in [0, 0.1) is 5.82 Å². The Bertz CT molecular complexity index is 388. The molecular formula is C13H18FNO. The number of ether oxygens (including phenoxy) is 1. The Hall–Kier alpha value is -1.09. The lowest BCUT2D eigenvalue weighted by Gasteiger charge is -2.40. The highest BCUT2D eigenvalue weighted by Gasteiger charge is 2.37. The van der Waals surface area contributed by atoms with Crippen LogP contribution in [0.4, 0.5) is 4.39 Å². The van der Waals surface area contributed by atoms with Crippen molar-refractivity contribution in [3.63, 3.8) is 0 Å². The van der Waals surface area contributed by atoms with Gasteiger partial charge in [0.15, 0.2) is 0 Å². The molecule has 0 bridgehead atoms. The Morgan fingerprint density at radius 1 is 1.44 bits per heavy atom. The van der Waals surface area contributed by atoms with Gasteiger partial charge in [-0.25, -0.2) is 4.39 Å². The van der Waals surface area contributed by atoms with Gasteiger partial charge >= 0.3 is 0 Å². The van der Waals surface area contributed by atoms with Gasteiger partial charge in [-0.05, 0) is 18.9 Å². The molecule has 0 saturated carbocycles. The molecule has 3 heteroatoms. The van der Waals surface area contributed by atoms with E-state index in [1.165, 1.54) is 12.1 Å². The standard InChI is InChI=1S/C13H18FNO/c1-3-13(4-2)8-11(15)10-6-5-9(14)7-12(10)16-13/h5-7,11H,3-4,8,15H2,1-2H3/t11-/m0/s1. The van der Waals surface area contributed by atoms with E-state index in [2.05, 4.69) is 13.8 Å².